The number of benzene rings is 13. The highest BCUT2D eigenvalue weighted by atomic mass is 15.2. The molecule has 18 rings (SSSR count). The summed E-state index contributed by atoms with van der Waals surface area (Å²) >= 11 is 0. The molecule has 0 bridgehead atoms. The lowest BCUT2D eigenvalue weighted by Crippen LogP contribution is -2.15. The Morgan fingerprint density at radius 3 is 1.30 bits per heavy atom. The van der Waals surface area contributed by atoms with Crippen molar-refractivity contribution in [2.24, 2.45) is 0 Å². The lowest BCUT2D eigenvalue weighted by molar-refractivity contribution is 0.666. The van der Waals surface area contributed by atoms with E-state index in [1.54, 1.807) is 0 Å². The molecule has 4 heterocycles. The minimum Gasteiger partial charge on any atom is -0.309 e. The topological polar surface area (TPSA) is 40.6 Å². The first kappa shape index (κ1) is 51.6. The first-order chi connectivity index (χ1) is 44.4. The summed E-state index contributed by atoms with van der Waals surface area (Å²) in [6.07, 6.45) is 0. The SMILES string of the molecule is CC1(C)c2ccccc2-c2ccc3c(c21)c1ccccc1n3-c1nc(-c2cccc(-c3cc(-c4ccccc4)cc(-c4ccccc4)c3)c2)cc(-c2cccc(-n3c4ccccc4c4cc(-c5ccc6c(c5)c5ccccc5n6-c5ccccc5)ccc43)c2)n1. The summed E-state index contributed by atoms with van der Waals surface area (Å²) in [6.45, 7) is 4.75. The minimum atomic E-state index is -0.235. The van der Waals surface area contributed by atoms with Crippen molar-refractivity contribution in [2.45, 2.75) is 19.3 Å². The van der Waals surface area contributed by atoms with Crippen LogP contribution < -0.4 is 0 Å². The van der Waals surface area contributed by atoms with E-state index < -0.39 is 0 Å². The van der Waals surface area contributed by atoms with Crippen LogP contribution in [0.4, 0.5) is 0 Å². The molecule has 1 aliphatic rings. The van der Waals surface area contributed by atoms with Crippen molar-refractivity contribution in [1.29, 1.82) is 0 Å². The van der Waals surface area contributed by atoms with Crippen molar-refractivity contribution in [2.75, 3.05) is 0 Å². The van der Waals surface area contributed by atoms with Gasteiger partial charge in [0.25, 0.3) is 0 Å². The number of hydrogen-bond donors (Lipinski definition) is 0. The van der Waals surface area contributed by atoms with Gasteiger partial charge in [-0.25, -0.2) is 9.97 Å². The van der Waals surface area contributed by atoms with Crippen LogP contribution in [0.2, 0.25) is 0 Å². The van der Waals surface area contributed by atoms with Gasteiger partial charge in [0.1, 0.15) is 0 Å². The number of hydrogen-bond acceptors (Lipinski definition) is 2. The zero-order chi connectivity index (χ0) is 59.6. The Bertz CT molecular complexity index is 5690. The highest BCUT2D eigenvalue weighted by Crippen LogP contribution is 2.53. The average Bonchev–Trinajstić information content (AvgIpc) is 1.56. The molecule has 0 spiro atoms. The molecular formula is C85H57N5. The van der Waals surface area contributed by atoms with E-state index in [1.165, 1.54) is 87.9 Å². The summed E-state index contributed by atoms with van der Waals surface area (Å²) < 4.78 is 7.11. The fourth-order valence-corrected chi connectivity index (χ4v) is 14.9. The largest absolute Gasteiger partial charge is 0.309 e. The number of rotatable bonds is 9. The third-order valence-corrected chi connectivity index (χ3v) is 19.0. The molecule has 0 radical (unpaired) electrons. The number of aromatic nitrogens is 5. The van der Waals surface area contributed by atoms with Crippen molar-refractivity contribution in [3.8, 4) is 95.5 Å². The lowest BCUT2D eigenvalue weighted by atomic mass is 9.80. The molecule has 0 amide bonds. The third-order valence-electron chi connectivity index (χ3n) is 19.0. The molecule has 0 saturated heterocycles. The molecule has 13 aromatic carbocycles. The predicted octanol–water partition coefficient (Wildman–Crippen LogP) is 22.1. The van der Waals surface area contributed by atoms with Crippen molar-refractivity contribution in [3.63, 3.8) is 0 Å². The molecule has 0 N–H and O–H groups in total. The van der Waals surface area contributed by atoms with Gasteiger partial charge in [-0.1, -0.05) is 220 Å². The Morgan fingerprint density at radius 1 is 0.256 bits per heavy atom. The van der Waals surface area contributed by atoms with E-state index in [1.807, 2.05) is 0 Å². The highest BCUT2D eigenvalue weighted by molar-refractivity contribution is 6.15. The van der Waals surface area contributed by atoms with Gasteiger partial charge in [-0.3, -0.25) is 4.57 Å². The van der Waals surface area contributed by atoms with Crippen molar-refractivity contribution < 1.29 is 0 Å². The van der Waals surface area contributed by atoms with Crippen LogP contribution in [0.5, 0.6) is 0 Å². The Hall–Kier alpha value is -11.7. The monoisotopic (exact) mass is 1150 g/mol. The van der Waals surface area contributed by atoms with Gasteiger partial charge in [-0.15, -0.1) is 0 Å². The molecule has 0 fully saturated rings. The molecule has 0 unspecified atom stereocenters. The second-order valence-corrected chi connectivity index (χ2v) is 24.5. The van der Waals surface area contributed by atoms with Crippen LogP contribution in [0, 0.1) is 0 Å². The standard InChI is InChI=1S/C85H57N5/c1-85(2)73-36-16-12-32-66(73)69-42-45-81-82(83(69)85)70-35-15-19-39-78(70)90(81)84-86-74(59-27-20-26-56(46-59)63-48-61(54-22-6-3-7-23-54)47-62(49-63)55-24-8-4-9-25-55)53-75(87-84)60-28-21-31-65(50-60)89-77-38-18-14-34-68(77)72-52-58(41-44-80(72)89)57-40-43-79-71(51-57)67-33-13-17-37-76(67)88(79)64-29-10-5-11-30-64/h3-53H,1-2H3. The Morgan fingerprint density at radius 2 is 0.678 bits per heavy atom. The molecule has 90 heavy (non-hydrogen) atoms. The van der Waals surface area contributed by atoms with Crippen molar-refractivity contribution >= 4 is 65.4 Å². The van der Waals surface area contributed by atoms with Gasteiger partial charge in [-0.2, -0.15) is 0 Å². The van der Waals surface area contributed by atoms with Gasteiger partial charge in [0.15, 0.2) is 0 Å². The molecule has 422 valence electrons. The van der Waals surface area contributed by atoms with Crippen LogP contribution in [0.3, 0.4) is 0 Å². The van der Waals surface area contributed by atoms with Crippen LogP contribution in [-0.2, 0) is 5.41 Å². The van der Waals surface area contributed by atoms with Crippen molar-refractivity contribution in [3.05, 3.63) is 321 Å². The minimum absolute atomic E-state index is 0.235. The van der Waals surface area contributed by atoms with Gasteiger partial charge in [-0.05, 0) is 170 Å². The molecule has 1 aliphatic carbocycles. The van der Waals surface area contributed by atoms with Gasteiger partial charge in [0.2, 0.25) is 5.95 Å². The molecule has 0 aliphatic heterocycles. The van der Waals surface area contributed by atoms with Crippen LogP contribution in [0.15, 0.2) is 309 Å². The third kappa shape index (κ3) is 8.10. The molecule has 4 aromatic heterocycles. The Kier molecular flexibility index (Phi) is 11.6. The van der Waals surface area contributed by atoms with Gasteiger partial charge in [0.05, 0.1) is 44.5 Å². The molecule has 5 nitrogen and oxygen atoms in total. The van der Waals surface area contributed by atoms with E-state index >= 15 is 0 Å². The summed E-state index contributed by atoms with van der Waals surface area (Å²) in [4.78, 5) is 11.4. The van der Waals surface area contributed by atoms with Crippen LogP contribution in [0.25, 0.3) is 161 Å². The van der Waals surface area contributed by atoms with Gasteiger partial charge < -0.3 is 9.13 Å². The molecule has 0 atom stereocenters. The van der Waals surface area contributed by atoms with E-state index in [0.717, 1.165) is 78.2 Å². The fourth-order valence-electron chi connectivity index (χ4n) is 14.9. The second-order valence-electron chi connectivity index (χ2n) is 24.5. The van der Waals surface area contributed by atoms with E-state index in [4.69, 9.17) is 9.97 Å². The molecular weight excluding hydrogens is 1090 g/mol. The molecule has 5 heteroatoms. The maximum absolute atomic E-state index is 5.70. The summed E-state index contributed by atoms with van der Waals surface area (Å²) in [5, 5.41) is 7.29. The lowest BCUT2D eigenvalue weighted by Gasteiger charge is -2.22. The summed E-state index contributed by atoms with van der Waals surface area (Å²) in [7, 11) is 0. The van der Waals surface area contributed by atoms with E-state index in [-0.39, 0.29) is 5.41 Å². The molecule has 17 aromatic rings. The first-order valence-electron chi connectivity index (χ1n) is 31.0. The average molecular weight is 1150 g/mol. The maximum Gasteiger partial charge on any atom is 0.235 e. The van der Waals surface area contributed by atoms with Crippen LogP contribution in [-0.4, -0.2) is 23.7 Å². The van der Waals surface area contributed by atoms with Gasteiger partial charge in [0, 0.05) is 60.2 Å². The number of fused-ring (bicyclic) bond motifs is 13. The molecule has 0 saturated carbocycles. The van der Waals surface area contributed by atoms with Crippen molar-refractivity contribution in [1.82, 2.24) is 23.7 Å². The Balaban J connectivity index is 0.809. The normalized spacial score (nSPS) is 12.6. The number of para-hydroxylation sites is 4. The van der Waals surface area contributed by atoms with E-state index in [0.29, 0.717) is 5.95 Å². The van der Waals surface area contributed by atoms with Crippen LogP contribution >= 0.6 is 0 Å². The van der Waals surface area contributed by atoms with E-state index in [9.17, 15) is 0 Å². The zero-order valence-electron chi connectivity index (χ0n) is 49.7. The quantitative estimate of drug-likeness (QED) is 0.145. The predicted molar refractivity (Wildman–Crippen MR) is 375 cm³/mol. The second kappa shape index (κ2) is 20.2. The number of nitrogens with zero attached hydrogens (tertiary/aromatic N) is 5. The maximum atomic E-state index is 5.70. The summed E-state index contributed by atoms with van der Waals surface area (Å²) in [5.41, 5.74) is 26.9. The van der Waals surface area contributed by atoms with Crippen LogP contribution in [0.1, 0.15) is 25.0 Å². The zero-order valence-corrected chi connectivity index (χ0v) is 49.7. The van der Waals surface area contributed by atoms with Gasteiger partial charge >= 0.3 is 0 Å². The fraction of sp³-hybridized carbons (Fsp3) is 0.0353. The first-order valence-corrected chi connectivity index (χ1v) is 31.0. The Labute approximate surface area is 521 Å². The highest BCUT2D eigenvalue weighted by Gasteiger charge is 2.38. The smallest absolute Gasteiger partial charge is 0.235 e. The van der Waals surface area contributed by atoms with E-state index in [2.05, 4.69) is 337 Å². The summed E-state index contributed by atoms with van der Waals surface area (Å²) in [6, 6.07) is 113. The summed E-state index contributed by atoms with van der Waals surface area (Å²) in [5.74, 6) is 0.613.